The molecular weight excluding hydrogens is 426 g/mol. The third-order valence-corrected chi connectivity index (χ3v) is 6.01. The highest BCUT2D eigenvalue weighted by molar-refractivity contribution is 5.94. The van der Waals surface area contributed by atoms with Crippen LogP contribution in [-0.4, -0.2) is 71.5 Å². The highest BCUT2D eigenvalue weighted by atomic mass is 16.7. The van der Waals surface area contributed by atoms with Gasteiger partial charge in [0.2, 0.25) is 11.8 Å². The minimum absolute atomic E-state index is 0.0251. The third kappa shape index (κ3) is 6.24. The second kappa shape index (κ2) is 10.2. The summed E-state index contributed by atoms with van der Waals surface area (Å²) in [6.45, 7) is 9.41. The van der Waals surface area contributed by atoms with Crippen LogP contribution >= 0.6 is 0 Å². The topological polar surface area (TPSA) is 105 Å². The monoisotopic (exact) mass is 459 g/mol. The van der Waals surface area contributed by atoms with Crippen LogP contribution in [0.3, 0.4) is 0 Å². The molecule has 33 heavy (non-hydrogen) atoms. The number of piperidine rings is 1. The van der Waals surface area contributed by atoms with Gasteiger partial charge in [-0.15, -0.1) is 0 Å². The second-order valence-electron chi connectivity index (χ2n) is 9.46. The van der Waals surface area contributed by atoms with Gasteiger partial charge in [0.05, 0.1) is 12.5 Å². The van der Waals surface area contributed by atoms with Crippen molar-refractivity contribution in [2.24, 2.45) is 5.92 Å². The number of carbonyl (C=O) groups is 4. The number of rotatable bonds is 5. The van der Waals surface area contributed by atoms with Crippen LogP contribution in [0.4, 0.5) is 4.79 Å². The SMILES string of the molecule is CCOC(=O)Oc1ccc(C(=O)NC2CCN(C(=O)C3CC(=O)N(C(C)(C)C)C3)CC2)cc1. The van der Waals surface area contributed by atoms with E-state index < -0.39 is 6.16 Å². The highest BCUT2D eigenvalue weighted by Gasteiger charge is 2.41. The predicted octanol–water partition coefficient (Wildman–Crippen LogP) is 2.59. The minimum Gasteiger partial charge on any atom is -0.434 e. The third-order valence-electron chi connectivity index (χ3n) is 6.01. The number of hydrogen-bond donors (Lipinski definition) is 1. The van der Waals surface area contributed by atoms with Gasteiger partial charge in [0.1, 0.15) is 5.75 Å². The van der Waals surface area contributed by atoms with Crippen LogP contribution in [0.2, 0.25) is 0 Å². The van der Waals surface area contributed by atoms with Gasteiger partial charge in [0.25, 0.3) is 5.91 Å². The molecule has 0 spiro atoms. The van der Waals surface area contributed by atoms with Crippen LogP contribution < -0.4 is 10.1 Å². The molecule has 2 heterocycles. The normalized spacial score (nSPS) is 19.4. The van der Waals surface area contributed by atoms with Crippen molar-refractivity contribution in [2.45, 2.75) is 58.5 Å². The van der Waals surface area contributed by atoms with Gasteiger partial charge in [0, 0.05) is 43.2 Å². The standard InChI is InChI=1S/C24H33N3O6/c1-5-32-23(31)33-19-8-6-16(7-9-19)21(29)25-18-10-12-26(13-11-18)22(30)17-14-20(28)27(15-17)24(2,3)4/h6-9,17-18H,5,10-15H2,1-4H3,(H,25,29). The smallest absolute Gasteiger partial charge is 0.434 e. The lowest BCUT2D eigenvalue weighted by Gasteiger charge is -2.35. The van der Waals surface area contributed by atoms with E-state index in [0.29, 0.717) is 43.8 Å². The van der Waals surface area contributed by atoms with Crippen LogP contribution in [-0.2, 0) is 14.3 Å². The zero-order valence-electron chi connectivity index (χ0n) is 19.8. The van der Waals surface area contributed by atoms with E-state index in [4.69, 9.17) is 9.47 Å². The van der Waals surface area contributed by atoms with Crippen molar-refractivity contribution < 1.29 is 28.7 Å². The first-order chi connectivity index (χ1) is 15.6. The largest absolute Gasteiger partial charge is 0.513 e. The summed E-state index contributed by atoms with van der Waals surface area (Å²) in [7, 11) is 0. The van der Waals surface area contributed by atoms with Gasteiger partial charge < -0.3 is 24.6 Å². The summed E-state index contributed by atoms with van der Waals surface area (Å²) in [4.78, 5) is 52.8. The van der Waals surface area contributed by atoms with Crippen LogP contribution in [0, 0.1) is 5.92 Å². The lowest BCUT2D eigenvalue weighted by molar-refractivity contribution is -0.136. The quantitative estimate of drug-likeness (QED) is 0.536. The molecule has 1 N–H and O–H groups in total. The molecule has 0 radical (unpaired) electrons. The molecule has 1 unspecified atom stereocenters. The van der Waals surface area contributed by atoms with Crippen LogP contribution in [0.15, 0.2) is 24.3 Å². The molecule has 2 aliphatic heterocycles. The molecule has 9 nitrogen and oxygen atoms in total. The van der Waals surface area contributed by atoms with Gasteiger partial charge in [-0.05, 0) is 64.8 Å². The summed E-state index contributed by atoms with van der Waals surface area (Å²) in [5, 5.41) is 3.01. The van der Waals surface area contributed by atoms with Gasteiger partial charge in [0.15, 0.2) is 0 Å². The number of likely N-dealkylation sites (tertiary alicyclic amines) is 2. The molecule has 0 saturated carbocycles. The number of hydrogen-bond acceptors (Lipinski definition) is 6. The molecule has 0 bridgehead atoms. The van der Waals surface area contributed by atoms with Crippen LogP contribution in [0.5, 0.6) is 5.75 Å². The van der Waals surface area contributed by atoms with E-state index in [2.05, 4.69) is 5.32 Å². The first-order valence-electron chi connectivity index (χ1n) is 11.4. The Hall–Kier alpha value is -3.10. The minimum atomic E-state index is -0.788. The molecule has 1 aromatic carbocycles. The molecule has 180 valence electrons. The Morgan fingerprint density at radius 2 is 1.73 bits per heavy atom. The van der Waals surface area contributed by atoms with Crippen molar-refractivity contribution in [3.05, 3.63) is 29.8 Å². The van der Waals surface area contributed by atoms with Crippen molar-refractivity contribution in [1.82, 2.24) is 15.1 Å². The Balaban J connectivity index is 1.46. The predicted molar refractivity (Wildman–Crippen MR) is 121 cm³/mol. The van der Waals surface area contributed by atoms with Crippen molar-refractivity contribution >= 4 is 23.9 Å². The summed E-state index contributed by atoms with van der Waals surface area (Å²) in [6, 6.07) is 6.21. The second-order valence-corrected chi connectivity index (χ2v) is 9.46. The average molecular weight is 460 g/mol. The fourth-order valence-electron chi connectivity index (χ4n) is 4.21. The molecule has 3 rings (SSSR count). The van der Waals surface area contributed by atoms with E-state index in [1.165, 1.54) is 12.1 Å². The number of ether oxygens (including phenoxy) is 2. The maximum absolute atomic E-state index is 12.9. The van der Waals surface area contributed by atoms with Crippen LogP contribution in [0.1, 0.15) is 57.3 Å². The Kier molecular flexibility index (Phi) is 7.61. The molecule has 2 aliphatic rings. The van der Waals surface area contributed by atoms with Gasteiger partial charge >= 0.3 is 6.16 Å². The maximum Gasteiger partial charge on any atom is 0.513 e. The molecule has 2 fully saturated rings. The number of carbonyl (C=O) groups excluding carboxylic acids is 4. The Labute approximate surface area is 194 Å². The molecule has 9 heteroatoms. The number of nitrogens with one attached hydrogen (secondary N) is 1. The zero-order chi connectivity index (χ0) is 24.2. The average Bonchev–Trinajstić information content (AvgIpc) is 3.16. The fourth-order valence-corrected chi connectivity index (χ4v) is 4.21. The van der Waals surface area contributed by atoms with E-state index in [1.54, 1.807) is 24.0 Å². The summed E-state index contributed by atoms with van der Waals surface area (Å²) < 4.78 is 9.71. The van der Waals surface area contributed by atoms with E-state index in [9.17, 15) is 19.2 Å². The number of amides is 3. The van der Waals surface area contributed by atoms with Gasteiger partial charge in [-0.1, -0.05) is 0 Å². The first-order valence-corrected chi connectivity index (χ1v) is 11.4. The molecule has 2 saturated heterocycles. The van der Waals surface area contributed by atoms with E-state index in [-0.39, 0.29) is 48.2 Å². The zero-order valence-corrected chi connectivity index (χ0v) is 19.8. The van der Waals surface area contributed by atoms with Crippen molar-refractivity contribution in [3.8, 4) is 5.75 Å². The summed E-state index contributed by atoms with van der Waals surface area (Å²) in [6.07, 6.45) is 0.794. The molecule has 1 atom stereocenters. The number of nitrogens with zero attached hydrogens (tertiary/aromatic N) is 2. The lowest BCUT2D eigenvalue weighted by Crippen LogP contribution is -2.48. The first kappa shape index (κ1) is 24.5. The van der Waals surface area contributed by atoms with Crippen molar-refractivity contribution in [1.29, 1.82) is 0 Å². The summed E-state index contributed by atoms with van der Waals surface area (Å²) in [5.74, 6) is -0.158. The fraction of sp³-hybridized carbons (Fsp3) is 0.583. The molecular formula is C24H33N3O6. The van der Waals surface area contributed by atoms with E-state index in [0.717, 1.165) is 0 Å². The Morgan fingerprint density at radius 1 is 1.09 bits per heavy atom. The molecule has 3 amide bonds. The maximum atomic E-state index is 12.9. The Bertz CT molecular complexity index is 884. The Morgan fingerprint density at radius 3 is 2.27 bits per heavy atom. The molecule has 1 aromatic rings. The highest BCUT2D eigenvalue weighted by Crippen LogP contribution is 2.28. The van der Waals surface area contributed by atoms with E-state index >= 15 is 0 Å². The van der Waals surface area contributed by atoms with Gasteiger partial charge in [-0.2, -0.15) is 0 Å². The number of benzene rings is 1. The van der Waals surface area contributed by atoms with Gasteiger partial charge in [-0.3, -0.25) is 14.4 Å². The lowest BCUT2D eigenvalue weighted by atomic mass is 10.0. The molecule has 0 aliphatic carbocycles. The van der Waals surface area contributed by atoms with Crippen molar-refractivity contribution in [3.63, 3.8) is 0 Å². The van der Waals surface area contributed by atoms with Crippen LogP contribution in [0.25, 0.3) is 0 Å². The van der Waals surface area contributed by atoms with Crippen molar-refractivity contribution in [2.75, 3.05) is 26.2 Å². The van der Waals surface area contributed by atoms with Gasteiger partial charge in [-0.25, -0.2) is 4.79 Å². The van der Waals surface area contributed by atoms with E-state index in [1.807, 2.05) is 25.7 Å². The summed E-state index contributed by atoms with van der Waals surface area (Å²) in [5.41, 5.74) is 0.170. The molecule has 0 aromatic heterocycles. The summed E-state index contributed by atoms with van der Waals surface area (Å²) >= 11 is 0.